The predicted molar refractivity (Wildman–Crippen MR) is 64.5 cm³/mol. The maximum Gasteiger partial charge on any atom is 0.303 e. The van der Waals surface area contributed by atoms with Crippen molar-refractivity contribution in [2.24, 2.45) is 0 Å². The molecule has 0 spiro atoms. The lowest BCUT2D eigenvalue weighted by atomic mass is 10.2. The summed E-state index contributed by atoms with van der Waals surface area (Å²) in [6.07, 6.45) is 1.79. The lowest BCUT2D eigenvalue weighted by molar-refractivity contribution is -0.136. The number of aliphatic carboxylic acids is 1. The molecular weight excluding hydrogens is 241 g/mol. The zero-order valence-electron chi connectivity index (χ0n) is 9.67. The average molecular weight is 257 g/mol. The molecule has 0 aliphatic carbocycles. The fourth-order valence-electron chi connectivity index (χ4n) is 1.33. The first-order chi connectivity index (χ1) is 7.89. The number of hydrogen-bond donors (Lipinski definition) is 2. The van der Waals surface area contributed by atoms with E-state index < -0.39 is 13.3 Å². The van der Waals surface area contributed by atoms with Gasteiger partial charge in [0.25, 0.3) is 0 Å². The van der Waals surface area contributed by atoms with Gasteiger partial charge in [0.15, 0.2) is 0 Å². The predicted octanol–water partition coefficient (Wildman–Crippen LogP) is 1.68. The van der Waals surface area contributed by atoms with Gasteiger partial charge in [-0.15, -0.1) is 0 Å². The van der Waals surface area contributed by atoms with Crippen molar-refractivity contribution in [2.75, 3.05) is 12.3 Å². The minimum atomic E-state index is -3.33. The van der Waals surface area contributed by atoms with Crippen LogP contribution in [0.15, 0.2) is 18.3 Å². The molecule has 0 aliphatic rings. The summed E-state index contributed by atoms with van der Waals surface area (Å²) in [6, 6.07) is 3.70. The second kappa shape index (κ2) is 5.94. The third-order valence-electron chi connectivity index (χ3n) is 2.40. The molecule has 0 saturated heterocycles. The molecule has 0 radical (unpaired) electrons. The molecule has 1 aromatic heterocycles. The molecule has 5 nitrogen and oxygen atoms in total. The minimum Gasteiger partial charge on any atom is -0.481 e. The standard InChI is InChI=1S/C11H16NO4P/c1-9-2-3-10(8-12-9)4-6-17(15,16)7-5-11(13)14/h2-3,8H,4-7H2,1H3,(H,13,14)(H,15,16). The van der Waals surface area contributed by atoms with Gasteiger partial charge in [-0.1, -0.05) is 6.07 Å². The van der Waals surface area contributed by atoms with Crippen LogP contribution in [0.5, 0.6) is 0 Å². The monoisotopic (exact) mass is 257 g/mol. The number of nitrogens with zero attached hydrogens (tertiary/aromatic N) is 1. The van der Waals surface area contributed by atoms with Gasteiger partial charge in [0.05, 0.1) is 6.42 Å². The Morgan fingerprint density at radius 3 is 2.65 bits per heavy atom. The summed E-state index contributed by atoms with van der Waals surface area (Å²) in [7, 11) is -3.33. The highest BCUT2D eigenvalue weighted by molar-refractivity contribution is 7.58. The van der Waals surface area contributed by atoms with E-state index in [0.717, 1.165) is 11.3 Å². The van der Waals surface area contributed by atoms with Crippen LogP contribution in [0.2, 0.25) is 0 Å². The van der Waals surface area contributed by atoms with Gasteiger partial charge in [-0.25, -0.2) is 0 Å². The van der Waals surface area contributed by atoms with Crippen LogP contribution in [0.4, 0.5) is 0 Å². The molecule has 0 amide bonds. The van der Waals surface area contributed by atoms with E-state index in [4.69, 9.17) is 5.11 Å². The van der Waals surface area contributed by atoms with Crippen LogP contribution in [0, 0.1) is 6.92 Å². The zero-order valence-corrected chi connectivity index (χ0v) is 10.6. The fraction of sp³-hybridized carbons (Fsp3) is 0.455. The van der Waals surface area contributed by atoms with Crippen LogP contribution >= 0.6 is 7.37 Å². The molecule has 0 saturated carbocycles. The lowest BCUT2D eigenvalue weighted by Gasteiger charge is -2.09. The Labute approximate surface area is 100.0 Å². The molecule has 0 aliphatic heterocycles. The second-order valence-electron chi connectivity index (χ2n) is 4.00. The van der Waals surface area contributed by atoms with Crippen LogP contribution in [0.3, 0.4) is 0 Å². The maximum atomic E-state index is 11.6. The number of carboxylic acids is 1. The first-order valence-electron chi connectivity index (χ1n) is 5.33. The van der Waals surface area contributed by atoms with E-state index in [1.807, 2.05) is 19.1 Å². The molecule has 94 valence electrons. The van der Waals surface area contributed by atoms with Crippen molar-refractivity contribution in [3.8, 4) is 0 Å². The molecule has 1 heterocycles. The van der Waals surface area contributed by atoms with Crippen LogP contribution in [-0.4, -0.2) is 33.3 Å². The summed E-state index contributed by atoms with van der Waals surface area (Å²) < 4.78 is 11.6. The number of rotatable bonds is 6. The molecule has 0 fully saturated rings. The number of carbonyl (C=O) groups is 1. The molecule has 17 heavy (non-hydrogen) atoms. The molecule has 1 rings (SSSR count). The van der Waals surface area contributed by atoms with E-state index in [-0.39, 0.29) is 18.7 Å². The van der Waals surface area contributed by atoms with Gasteiger partial charge in [-0.3, -0.25) is 14.3 Å². The smallest absolute Gasteiger partial charge is 0.303 e. The summed E-state index contributed by atoms with van der Waals surface area (Å²) in [5.74, 6) is -1.05. The van der Waals surface area contributed by atoms with E-state index in [0.29, 0.717) is 6.42 Å². The van der Waals surface area contributed by atoms with Crippen molar-refractivity contribution >= 4 is 13.3 Å². The molecule has 1 aromatic rings. The van der Waals surface area contributed by atoms with Crippen molar-refractivity contribution in [1.29, 1.82) is 0 Å². The zero-order chi connectivity index (χ0) is 12.9. The van der Waals surface area contributed by atoms with Crippen molar-refractivity contribution in [2.45, 2.75) is 19.8 Å². The molecule has 6 heteroatoms. The number of pyridine rings is 1. The summed E-state index contributed by atoms with van der Waals surface area (Å²) in [5.41, 5.74) is 1.78. The first-order valence-corrected chi connectivity index (χ1v) is 7.36. The van der Waals surface area contributed by atoms with E-state index >= 15 is 0 Å². The average Bonchev–Trinajstić information content (AvgIpc) is 2.26. The highest BCUT2D eigenvalue weighted by Crippen LogP contribution is 2.41. The van der Waals surface area contributed by atoms with Crippen molar-refractivity contribution < 1.29 is 19.4 Å². The third kappa shape index (κ3) is 5.61. The summed E-state index contributed by atoms with van der Waals surface area (Å²) in [6.45, 7) is 1.87. The highest BCUT2D eigenvalue weighted by Gasteiger charge is 2.19. The van der Waals surface area contributed by atoms with Gasteiger partial charge < -0.3 is 10.00 Å². The van der Waals surface area contributed by atoms with Gasteiger partial charge >= 0.3 is 5.97 Å². The summed E-state index contributed by atoms with van der Waals surface area (Å²) in [5, 5.41) is 8.45. The normalized spacial score (nSPS) is 14.2. The van der Waals surface area contributed by atoms with Crippen molar-refractivity contribution in [3.05, 3.63) is 29.6 Å². The number of aromatic nitrogens is 1. The third-order valence-corrected chi connectivity index (χ3v) is 4.24. The second-order valence-corrected chi connectivity index (χ2v) is 6.58. The number of aryl methyl sites for hydroxylation is 2. The van der Waals surface area contributed by atoms with Crippen LogP contribution in [-0.2, 0) is 15.8 Å². The Kier molecular flexibility index (Phi) is 4.85. The van der Waals surface area contributed by atoms with Gasteiger partial charge in [-0.2, -0.15) is 0 Å². The van der Waals surface area contributed by atoms with E-state index in [2.05, 4.69) is 4.98 Å². The SMILES string of the molecule is Cc1ccc(CCP(=O)(O)CCC(=O)O)cn1. The Balaban J connectivity index is 2.46. The molecule has 1 atom stereocenters. The van der Waals surface area contributed by atoms with Gasteiger partial charge in [0, 0.05) is 24.2 Å². The van der Waals surface area contributed by atoms with E-state index in [1.54, 1.807) is 6.20 Å². The number of hydrogen-bond acceptors (Lipinski definition) is 3. The van der Waals surface area contributed by atoms with Gasteiger partial charge in [0.1, 0.15) is 0 Å². The van der Waals surface area contributed by atoms with Crippen molar-refractivity contribution in [3.63, 3.8) is 0 Å². The van der Waals surface area contributed by atoms with Crippen LogP contribution in [0.1, 0.15) is 17.7 Å². The molecule has 2 N–H and O–H groups in total. The molecule has 0 bridgehead atoms. The van der Waals surface area contributed by atoms with Crippen molar-refractivity contribution in [1.82, 2.24) is 4.98 Å². The Bertz CT molecular complexity index is 430. The Morgan fingerprint density at radius 1 is 1.41 bits per heavy atom. The van der Waals surface area contributed by atoms with Gasteiger partial charge in [-0.05, 0) is 25.0 Å². The Morgan fingerprint density at radius 2 is 2.12 bits per heavy atom. The maximum absolute atomic E-state index is 11.6. The van der Waals surface area contributed by atoms with Crippen LogP contribution in [0.25, 0.3) is 0 Å². The molecule has 1 unspecified atom stereocenters. The number of carboxylic acid groups (broad SMARTS) is 1. The summed E-state index contributed by atoms with van der Waals surface area (Å²) >= 11 is 0. The van der Waals surface area contributed by atoms with Crippen LogP contribution < -0.4 is 0 Å². The minimum absolute atomic E-state index is 0.102. The lowest BCUT2D eigenvalue weighted by Crippen LogP contribution is -2.03. The molecular formula is C11H16NO4P. The Hall–Kier alpha value is -1.19. The fourth-order valence-corrected chi connectivity index (χ4v) is 2.70. The quantitative estimate of drug-likeness (QED) is 0.757. The largest absolute Gasteiger partial charge is 0.481 e. The molecule has 0 aromatic carbocycles. The van der Waals surface area contributed by atoms with E-state index in [9.17, 15) is 14.3 Å². The highest BCUT2D eigenvalue weighted by atomic mass is 31.2. The van der Waals surface area contributed by atoms with Gasteiger partial charge in [0.2, 0.25) is 7.37 Å². The summed E-state index contributed by atoms with van der Waals surface area (Å²) in [4.78, 5) is 24.0. The topological polar surface area (TPSA) is 87.5 Å². The first kappa shape index (κ1) is 13.9. The van der Waals surface area contributed by atoms with E-state index in [1.165, 1.54) is 0 Å².